The lowest BCUT2D eigenvalue weighted by atomic mass is 10.4. The van der Waals surface area contributed by atoms with Crippen LogP contribution in [0, 0.1) is 0 Å². The number of carbonyl (C=O) groups is 1. The van der Waals surface area contributed by atoms with Crippen molar-refractivity contribution in [3.05, 3.63) is 35.5 Å². The molecule has 0 aliphatic carbocycles. The maximum atomic E-state index is 10.1. The lowest BCUT2D eigenvalue weighted by Crippen LogP contribution is -1.95. The molecule has 0 unspecified atom stereocenters. The molecule has 0 fully saturated rings. The van der Waals surface area contributed by atoms with Gasteiger partial charge < -0.3 is 9.84 Å². The second-order valence-electron chi connectivity index (χ2n) is 2.31. The van der Waals surface area contributed by atoms with E-state index in [1.807, 2.05) is 19.1 Å². The van der Waals surface area contributed by atoms with E-state index in [0.717, 1.165) is 5.76 Å². The fraction of sp³-hybridized carbons (Fsp3) is 0.300. The van der Waals surface area contributed by atoms with E-state index in [-0.39, 0.29) is 5.75 Å². The largest absolute Gasteiger partial charge is 0.497 e. The van der Waals surface area contributed by atoms with Crippen molar-refractivity contribution in [1.29, 1.82) is 0 Å². The van der Waals surface area contributed by atoms with Gasteiger partial charge >= 0.3 is 5.97 Å². The Balaban J connectivity index is 3.92. The van der Waals surface area contributed by atoms with Gasteiger partial charge in [0.15, 0.2) is 0 Å². The van der Waals surface area contributed by atoms with Gasteiger partial charge in [-0.3, -0.25) is 4.79 Å². The first-order valence-corrected chi connectivity index (χ1v) is 5.12. The number of allylic oxidation sites excluding steroid dienone is 4. The molecule has 0 aliphatic rings. The SMILES string of the molecule is C\C=C/C(=C\C=C\SCC(=O)O)OC. The van der Waals surface area contributed by atoms with Crippen LogP contribution in [0.2, 0.25) is 0 Å². The molecule has 1 N–H and O–H groups in total. The van der Waals surface area contributed by atoms with Gasteiger partial charge in [-0.1, -0.05) is 12.2 Å². The summed E-state index contributed by atoms with van der Waals surface area (Å²) in [7, 11) is 1.59. The molecule has 0 aromatic rings. The minimum absolute atomic E-state index is 0.0796. The van der Waals surface area contributed by atoms with Gasteiger partial charge in [0.25, 0.3) is 0 Å². The average Bonchev–Trinajstić information content (AvgIpc) is 2.15. The predicted octanol–water partition coefficient (Wildman–Crippen LogP) is 2.42. The second kappa shape index (κ2) is 8.44. The summed E-state index contributed by atoms with van der Waals surface area (Å²) in [5.41, 5.74) is 0. The van der Waals surface area contributed by atoms with Gasteiger partial charge in [0.05, 0.1) is 12.9 Å². The summed E-state index contributed by atoms with van der Waals surface area (Å²) in [4.78, 5) is 10.1. The molecule has 0 spiro atoms. The van der Waals surface area contributed by atoms with E-state index >= 15 is 0 Å². The number of aliphatic carboxylic acids is 1. The van der Waals surface area contributed by atoms with Crippen LogP contribution in [0.15, 0.2) is 35.5 Å². The van der Waals surface area contributed by atoms with Crippen molar-refractivity contribution < 1.29 is 14.6 Å². The number of carboxylic acid groups (broad SMARTS) is 1. The van der Waals surface area contributed by atoms with Gasteiger partial charge in [-0.25, -0.2) is 0 Å². The minimum Gasteiger partial charge on any atom is -0.497 e. The standard InChI is InChI=1S/C10H14O3S/c1-3-5-9(13-2)6-4-7-14-8-10(11)12/h3-7H,8H2,1-2H3,(H,11,12)/b5-3-,7-4+,9-6+. The number of hydrogen-bond acceptors (Lipinski definition) is 3. The van der Waals surface area contributed by atoms with E-state index in [1.165, 1.54) is 11.8 Å². The number of thioether (sulfide) groups is 1. The van der Waals surface area contributed by atoms with Crippen LogP contribution in [-0.4, -0.2) is 23.9 Å². The third-order valence-electron chi connectivity index (χ3n) is 1.21. The van der Waals surface area contributed by atoms with E-state index in [2.05, 4.69) is 0 Å². The molecule has 0 radical (unpaired) electrons. The molecule has 0 amide bonds. The molecular formula is C10H14O3S. The number of methoxy groups -OCH3 is 1. The Morgan fingerprint density at radius 2 is 2.29 bits per heavy atom. The summed E-state index contributed by atoms with van der Waals surface area (Å²) in [5, 5.41) is 10.1. The fourth-order valence-corrected chi connectivity index (χ4v) is 1.09. The third-order valence-corrected chi connectivity index (χ3v) is 1.97. The molecule has 0 aliphatic heterocycles. The highest BCUT2D eigenvalue weighted by atomic mass is 32.2. The van der Waals surface area contributed by atoms with Crippen molar-refractivity contribution in [2.24, 2.45) is 0 Å². The number of hydrogen-bond donors (Lipinski definition) is 1. The molecule has 4 heteroatoms. The van der Waals surface area contributed by atoms with Gasteiger partial charge in [-0.05, 0) is 24.5 Å². The van der Waals surface area contributed by atoms with Crippen LogP contribution >= 0.6 is 11.8 Å². The average molecular weight is 214 g/mol. The first-order valence-electron chi connectivity index (χ1n) is 4.07. The van der Waals surface area contributed by atoms with Crippen LogP contribution in [0.3, 0.4) is 0 Å². The molecule has 0 bridgehead atoms. The second-order valence-corrected chi connectivity index (χ2v) is 3.20. The Bertz CT molecular complexity index is 254. The van der Waals surface area contributed by atoms with E-state index in [4.69, 9.17) is 9.84 Å². The topological polar surface area (TPSA) is 46.5 Å². The van der Waals surface area contributed by atoms with E-state index in [1.54, 1.807) is 24.7 Å². The summed E-state index contributed by atoms with van der Waals surface area (Å²) < 4.78 is 5.02. The highest BCUT2D eigenvalue weighted by molar-refractivity contribution is 8.02. The highest BCUT2D eigenvalue weighted by Crippen LogP contribution is 2.03. The van der Waals surface area contributed by atoms with Gasteiger partial charge in [-0.15, -0.1) is 11.8 Å². The lowest BCUT2D eigenvalue weighted by Gasteiger charge is -1.96. The molecule has 14 heavy (non-hydrogen) atoms. The summed E-state index contributed by atoms with van der Waals surface area (Å²) in [6, 6.07) is 0. The molecule has 78 valence electrons. The van der Waals surface area contributed by atoms with Crippen molar-refractivity contribution in [3.63, 3.8) is 0 Å². The van der Waals surface area contributed by atoms with Crippen LogP contribution in [0.1, 0.15) is 6.92 Å². The maximum absolute atomic E-state index is 10.1. The Morgan fingerprint density at radius 3 is 2.79 bits per heavy atom. The third kappa shape index (κ3) is 7.49. The molecule has 0 aromatic carbocycles. The monoisotopic (exact) mass is 214 g/mol. The van der Waals surface area contributed by atoms with E-state index < -0.39 is 5.97 Å². The van der Waals surface area contributed by atoms with Crippen molar-refractivity contribution in [1.82, 2.24) is 0 Å². The molecule has 0 heterocycles. The van der Waals surface area contributed by atoms with Crippen molar-refractivity contribution in [2.45, 2.75) is 6.92 Å². The zero-order valence-corrected chi connectivity index (χ0v) is 9.08. The minimum atomic E-state index is -0.816. The smallest absolute Gasteiger partial charge is 0.313 e. The number of ether oxygens (including phenoxy) is 1. The number of rotatable bonds is 6. The molecule has 0 aromatic heterocycles. The van der Waals surface area contributed by atoms with Crippen LogP contribution < -0.4 is 0 Å². The lowest BCUT2D eigenvalue weighted by molar-refractivity contribution is -0.133. The van der Waals surface area contributed by atoms with E-state index in [0.29, 0.717) is 0 Å². The van der Waals surface area contributed by atoms with E-state index in [9.17, 15) is 4.79 Å². The fourth-order valence-electron chi connectivity index (χ4n) is 0.665. The summed E-state index contributed by atoms with van der Waals surface area (Å²) in [6.45, 7) is 1.90. The maximum Gasteiger partial charge on any atom is 0.313 e. The molecule has 0 rings (SSSR count). The van der Waals surface area contributed by atoms with Crippen LogP contribution in [0.4, 0.5) is 0 Å². The predicted molar refractivity (Wildman–Crippen MR) is 59.1 cm³/mol. The van der Waals surface area contributed by atoms with Gasteiger partial charge in [0.1, 0.15) is 5.76 Å². The molecular weight excluding hydrogens is 200 g/mol. The Labute approximate surface area is 88.1 Å². The van der Waals surface area contributed by atoms with Crippen LogP contribution in [-0.2, 0) is 9.53 Å². The Morgan fingerprint density at radius 1 is 1.57 bits per heavy atom. The quantitative estimate of drug-likeness (QED) is 0.545. The zero-order chi connectivity index (χ0) is 10.8. The highest BCUT2D eigenvalue weighted by Gasteiger charge is 1.91. The zero-order valence-electron chi connectivity index (χ0n) is 8.27. The van der Waals surface area contributed by atoms with Crippen molar-refractivity contribution in [2.75, 3.05) is 12.9 Å². The van der Waals surface area contributed by atoms with Gasteiger partial charge in [-0.2, -0.15) is 0 Å². The Kier molecular flexibility index (Phi) is 7.74. The summed E-state index contributed by atoms with van der Waals surface area (Å²) >= 11 is 1.23. The van der Waals surface area contributed by atoms with Crippen LogP contribution in [0.25, 0.3) is 0 Å². The first kappa shape index (κ1) is 12.8. The van der Waals surface area contributed by atoms with Crippen molar-refractivity contribution >= 4 is 17.7 Å². The Hall–Kier alpha value is -1.16. The van der Waals surface area contributed by atoms with Crippen molar-refractivity contribution in [3.8, 4) is 0 Å². The van der Waals surface area contributed by atoms with Gasteiger partial charge in [0, 0.05) is 0 Å². The molecule has 0 atom stereocenters. The molecule has 3 nitrogen and oxygen atoms in total. The van der Waals surface area contributed by atoms with Crippen LogP contribution in [0.5, 0.6) is 0 Å². The summed E-state index contributed by atoms with van der Waals surface area (Å²) in [5.74, 6) is -0.000250. The van der Waals surface area contributed by atoms with Gasteiger partial charge in [0.2, 0.25) is 0 Å². The number of carboxylic acids is 1. The first-order chi connectivity index (χ1) is 6.70. The summed E-state index contributed by atoms with van der Waals surface area (Å²) in [6.07, 6.45) is 7.22. The molecule has 0 saturated heterocycles. The molecule has 0 saturated carbocycles. The normalized spacial score (nSPS) is 12.6.